The van der Waals surface area contributed by atoms with E-state index in [1.54, 1.807) is 24.4 Å². The molecule has 2 aromatic rings. The van der Waals surface area contributed by atoms with Crippen LogP contribution < -0.4 is 10.6 Å². The van der Waals surface area contributed by atoms with Gasteiger partial charge in [0.1, 0.15) is 5.01 Å². The summed E-state index contributed by atoms with van der Waals surface area (Å²) < 4.78 is 0. The number of nitrogens with zero attached hydrogens (tertiary/aromatic N) is 2. The number of hydrogen-bond acceptors (Lipinski definition) is 6. The zero-order valence-corrected chi connectivity index (χ0v) is 16.2. The first-order valence-electron chi connectivity index (χ1n) is 8.62. The van der Waals surface area contributed by atoms with Crippen molar-refractivity contribution in [3.8, 4) is 10.6 Å². The summed E-state index contributed by atoms with van der Waals surface area (Å²) in [6.45, 7) is 0. The van der Waals surface area contributed by atoms with Crippen LogP contribution in [0, 0.1) is 0 Å². The van der Waals surface area contributed by atoms with Gasteiger partial charge in [0.05, 0.1) is 12.5 Å². The summed E-state index contributed by atoms with van der Waals surface area (Å²) in [5.41, 5.74) is 1.35. The van der Waals surface area contributed by atoms with E-state index in [0.29, 0.717) is 5.56 Å². The van der Waals surface area contributed by atoms with Gasteiger partial charge in [-0.05, 0) is 11.6 Å². The molecule has 2 unspecified atom stereocenters. The summed E-state index contributed by atoms with van der Waals surface area (Å²) in [5.74, 6) is -2.24. The summed E-state index contributed by atoms with van der Waals surface area (Å²) in [4.78, 5) is 53.2. The molecule has 2 heterocycles. The molecule has 3 rings (SSSR count). The summed E-state index contributed by atoms with van der Waals surface area (Å²) in [5, 5.41) is 16.7. The van der Waals surface area contributed by atoms with E-state index in [9.17, 15) is 24.3 Å². The molecule has 152 valence electrons. The van der Waals surface area contributed by atoms with Crippen LogP contribution in [0.3, 0.4) is 0 Å². The number of hydrogen-bond donors (Lipinski definition) is 3. The molecule has 0 saturated heterocycles. The third kappa shape index (κ3) is 5.76. The molecule has 2 atom stereocenters. The van der Waals surface area contributed by atoms with Crippen LogP contribution in [0.15, 0.2) is 48.1 Å². The molecule has 1 aliphatic heterocycles. The van der Waals surface area contributed by atoms with E-state index in [2.05, 4.69) is 15.6 Å². The van der Waals surface area contributed by atoms with Gasteiger partial charge in [-0.3, -0.25) is 14.4 Å². The van der Waals surface area contributed by atoms with E-state index in [-0.39, 0.29) is 36.0 Å². The van der Waals surface area contributed by atoms with Crippen molar-refractivity contribution in [1.82, 2.24) is 20.5 Å². The van der Waals surface area contributed by atoms with Crippen molar-refractivity contribution in [2.24, 2.45) is 0 Å². The van der Waals surface area contributed by atoms with Gasteiger partial charge >= 0.3 is 41.6 Å². The Kier molecular flexibility index (Phi) is 8.30. The number of carboxylic acid groups (broad SMARTS) is 1. The predicted molar refractivity (Wildman–Crippen MR) is 112 cm³/mol. The van der Waals surface area contributed by atoms with Gasteiger partial charge in [-0.15, -0.1) is 11.3 Å². The number of likely N-dealkylation sites (N-methyl/N-ethyl adjacent to an activating group) is 1. The van der Waals surface area contributed by atoms with Crippen LogP contribution in [0.5, 0.6) is 0 Å². The van der Waals surface area contributed by atoms with Gasteiger partial charge in [0.15, 0.2) is 11.8 Å². The first-order valence-corrected chi connectivity index (χ1v) is 9.50. The van der Waals surface area contributed by atoms with Gasteiger partial charge in [0.2, 0.25) is 0 Å². The molecule has 0 bridgehead atoms. The number of ketones is 1. The second-order valence-corrected chi connectivity index (χ2v) is 7.23. The molecule has 0 radical (unpaired) electrons. The van der Waals surface area contributed by atoms with Crippen molar-refractivity contribution in [2.75, 3.05) is 7.05 Å². The summed E-state index contributed by atoms with van der Waals surface area (Å²) in [6, 6.07) is 3.99. The number of amides is 3. The Bertz CT molecular complexity index is 979. The predicted octanol–water partition coefficient (Wildman–Crippen LogP) is 0.900. The fourth-order valence-electron chi connectivity index (χ4n) is 2.83. The van der Waals surface area contributed by atoms with E-state index in [4.69, 9.17) is 0 Å². The average molecular weight is 438 g/mol. The topological polar surface area (TPSA) is 129 Å². The van der Waals surface area contributed by atoms with Crippen LogP contribution >= 0.6 is 11.3 Å². The zero-order valence-electron chi connectivity index (χ0n) is 15.4. The van der Waals surface area contributed by atoms with E-state index in [0.717, 1.165) is 10.6 Å². The van der Waals surface area contributed by atoms with Crippen LogP contribution in [0.2, 0.25) is 0 Å². The number of aromatic nitrogens is 1. The van der Waals surface area contributed by atoms with Crippen molar-refractivity contribution in [2.45, 2.75) is 18.5 Å². The second kappa shape index (κ2) is 10.5. The number of thiazole rings is 1. The van der Waals surface area contributed by atoms with Crippen molar-refractivity contribution < 1.29 is 24.3 Å². The minimum absolute atomic E-state index is 0. The van der Waals surface area contributed by atoms with E-state index in [1.807, 2.05) is 11.4 Å². The number of aliphatic carboxylic acids is 1. The molecule has 1 aromatic carbocycles. The van der Waals surface area contributed by atoms with Crippen molar-refractivity contribution in [1.29, 1.82) is 0 Å². The number of urea groups is 1. The average Bonchev–Trinajstić information content (AvgIpc) is 3.22. The molecular weight excluding hydrogens is 419 g/mol. The summed E-state index contributed by atoms with van der Waals surface area (Å²) >= 11 is 1.44. The monoisotopic (exact) mass is 438 g/mol. The Labute approximate surface area is 198 Å². The molecule has 30 heavy (non-hydrogen) atoms. The molecule has 3 N–H and O–H groups in total. The van der Waals surface area contributed by atoms with Crippen LogP contribution in [0.25, 0.3) is 10.6 Å². The Hall–Kier alpha value is -2.53. The fourth-order valence-corrected chi connectivity index (χ4v) is 3.46. The molecule has 0 fully saturated rings. The molecule has 0 saturated carbocycles. The molecule has 1 aromatic heterocycles. The van der Waals surface area contributed by atoms with Gasteiger partial charge in [-0.1, -0.05) is 18.2 Å². The van der Waals surface area contributed by atoms with Crippen molar-refractivity contribution in [3.63, 3.8) is 0 Å². The molecule has 9 nitrogen and oxygen atoms in total. The second-order valence-electron chi connectivity index (χ2n) is 6.33. The Morgan fingerprint density at radius 1 is 1.33 bits per heavy atom. The molecule has 3 amide bonds. The number of carboxylic acids is 1. The minimum atomic E-state index is -1.35. The molecule has 0 aliphatic carbocycles. The standard InChI is InChI=1S/C19H18N4O5S.Na.H/c1-23-7-5-14(24)16(18(23)27)22-19(28)21-13(10-15(25)26)11-3-2-4-12(9-11)17-20-6-8-29-17;;/h2-9,13,16H,10H2,1H3,(H,25,26)(H2,21,22,28);;. The third-order valence-electron chi connectivity index (χ3n) is 4.27. The third-order valence-corrected chi connectivity index (χ3v) is 5.09. The number of carbonyl (C=O) groups is 4. The van der Waals surface area contributed by atoms with E-state index < -0.39 is 35.8 Å². The van der Waals surface area contributed by atoms with Crippen molar-refractivity contribution >= 4 is 64.6 Å². The van der Waals surface area contributed by atoms with E-state index >= 15 is 0 Å². The molecule has 11 heteroatoms. The number of benzene rings is 1. The maximum absolute atomic E-state index is 12.4. The van der Waals surface area contributed by atoms with Crippen molar-refractivity contribution in [3.05, 3.63) is 53.7 Å². The van der Waals surface area contributed by atoms with Gasteiger partial charge < -0.3 is 20.6 Å². The number of rotatable bonds is 6. The Balaban J connectivity index is 0.00000320. The first-order chi connectivity index (χ1) is 13.8. The zero-order chi connectivity index (χ0) is 21.0. The number of carbonyl (C=O) groups excluding carboxylic acids is 3. The first kappa shape index (κ1) is 23.7. The number of nitrogens with one attached hydrogen (secondary N) is 2. The quantitative estimate of drug-likeness (QED) is 0.454. The van der Waals surface area contributed by atoms with Gasteiger partial charge in [-0.2, -0.15) is 0 Å². The van der Waals surface area contributed by atoms with Gasteiger partial charge in [0, 0.05) is 36.5 Å². The summed E-state index contributed by atoms with van der Waals surface area (Å²) in [7, 11) is 1.47. The maximum atomic E-state index is 12.4. The van der Waals surface area contributed by atoms with Crippen LogP contribution in [-0.4, -0.2) is 81.3 Å². The summed E-state index contributed by atoms with van der Waals surface area (Å²) in [6.07, 6.45) is 3.80. The molecule has 1 aliphatic rings. The van der Waals surface area contributed by atoms with E-state index in [1.165, 1.54) is 35.6 Å². The van der Waals surface area contributed by atoms with Gasteiger partial charge in [0.25, 0.3) is 5.91 Å². The Morgan fingerprint density at radius 3 is 2.77 bits per heavy atom. The fraction of sp³-hybridized carbons (Fsp3) is 0.211. The van der Waals surface area contributed by atoms with Crippen LogP contribution in [0.1, 0.15) is 18.0 Å². The van der Waals surface area contributed by atoms with Crippen LogP contribution in [0.4, 0.5) is 4.79 Å². The van der Waals surface area contributed by atoms with Gasteiger partial charge in [-0.25, -0.2) is 9.78 Å². The molecular formula is C19H19N4NaO5S. The molecule has 0 spiro atoms. The Morgan fingerprint density at radius 2 is 2.10 bits per heavy atom. The van der Waals surface area contributed by atoms with Crippen LogP contribution in [-0.2, 0) is 14.4 Å². The normalized spacial score (nSPS) is 16.6. The SMILES string of the molecule is CN1C=CC(=O)C(NC(=O)NC(CC(=O)O)c2cccc(-c3nccs3)c2)C1=O.[NaH].